The number of nitrogens with zero attached hydrogens (tertiary/aromatic N) is 5. The maximum absolute atomic E-state index is 11.8. The summed E-state index contributed by atoms with van der Waals surface area (Å²) >= 11 is 0. The zero-order chi connectivity index (χ0) is 27.8. The van der Waals surface area contributed by atoms with E-state index in [1.807, 2.05) is 69.6 Å². The molecule has 6 rings (SSSR count). The quantitative estimate of drug-likeness (QED) is 0.370. The Balaban J connectivity index is 0.000000182. The first-order chi connectivity index (χ1) is 19.0. The van der Waals surface area contributed by atoms with Gasteiger partial charge in [-0.05, 0) is 62.4 Å². The van der Waals surface area contributed by atoms with Crippen molar-refractivity contribution in [2.45, 2.75) is 26.7 Å². The van der Waals surface area contributed by atoms with E-state index < -0.39 is 0 Å². The second-order valence-electron chi connectivity index (χ2n) is 9.68. The van der Waals surface area contributed by atoms with E-state index >= 15 is 0 Å². The van der Waals surface area contributed by atoms with Gasteiger partial charge < -0.3 is 19.4 Å². The molecule has 0 bridgehead atoms. The predicted octanol–water partition coefficient (Wildman–Crippen LogP) is 5.47. The number of likely N-dealkylation sites (N-methyl/N-ethyl adjacent to an activating group) is 1. The normalized spacial score (nSPS) is 15.1. The highest BCUT2D eigenvalue weighted by Gasteiger charge is 2.32. The lowest BCUT2D eigenvalue weighted by atomic mass is 10.1. The number of piperazine rings is 1. The molecule has 1 amide bonds. The number of ether oxygens (including phenoxy) is 1. The van der Waals surface area contributed by atoms with Gasteiger partial charge in [0.2, 0.25) is 5.91 Å². The van der Waals surface area contributed by atoms with Crippen LogP contribution in [0.4, 0.5) is 11.5 Å². The monoisotopic (exact) mass is 528 g/mol. The third kappa shape index (κ3) is 6.95. The van der Waals surface area contributed by atoms with Crippen molar-refractivity contribution in [1.29, 1.82) is 0 Å². The van der Waals surface area contributed by atoms with Crippen LogP contribution in [0, 0.1) is 5.92 Å². The van der Waals surface area contributed by atoms with Gasteiger partial charge >= 0.3 is 0 Å². The Bertz CT molecular complexity index is 1320. The van der Waals surface area contributed by atoms with E-state index in [9.17, 15) is 4.79 Å². The number of rotatable bonds is 5. The second-order valence-corrected chi connectivity index (χ2v) is 9.68. The number of H-pyrrole nitrogens is 1. The first kappa shape index (κ1) is 28.1. The van der Waals surface area contributed by atoms with Gasteiger partial charge in [0.25, 0.3) is 0 Å². The average Bonchev–Trinajstić information content (AvgIpc) is 3.77. The zero-order valence-electron chi connectivity index (χ0n) is 23.7. The topological polar surface area (TPSA) is 77.6 Å². The number of anilines is 2. The number of hydrogen-bond acceptors (Lipinski definition) is 6. The number of carbonyl (C=O) groups excluding carboxylic acids is 1. The molecule has 2 aromatic carbocycles. The van der Waals surface area contributed by atoms with Crippen molar-refractivity contribution in [3.63, 3.8) is 0 Å². The average molecular weight is 529 g/mol. The minimum Gasteiger partial charge on any atom is -0.497 e. The van der Waals surface area contributed by atoms with Crippen LogP contribution in [0.3, 0.4) is 0 Å². The van der Waals surface area contributed by atoms with Crippen molar-refractivity contribution in [3.05, 3.63) is 66.9 Å². The number of hydrogen-bond donors (Lipinski definition) is 1. The number of benzene rings is 2. The SMILES string of the molecule is CC.CN1CCN(c2ccc(-c3n[nH]c4ccccc34)cn2)CC1.COc1ccc(N(C)C(=O)C2CC2)cc1. The number of methoxy groups -OCH3 is 1. The minimum absolute atomic E-state index is 0.222. The summed E-state index contributed by atoms with van der Waals surface area (Å²) < 4.78 is 5.07. The van der Waals surface area contributed by atoms with Crippen LogP contribution >= 0.6 is 0 Å². The largest absolute Gasteiger partial charge is 0.497 e. The van der Waals surface area contributed by atoms with Crippen molar-refractivity contribution in [3.8, 4) is 17.0 Å². The summed E-state index contributed by atoms with van der Waals surface area (Å²) in [6.45, 7) is 8.25. The van der Waals surface area contributed by atoms with Crippen LogP contribution < -0.4 is 14.5 Å². The van der Waals surface area contributed by atoms with Crippen LogP contribution in [0.2, 0.25) is 0 Å². The van der Waals surface area contributed by atoms with Gasteiger partial charge in [-0.15, -0.1) is 0 Å². The number of pyridine rings is 1. The number of nitrogens with one attached hydrogen (secondary N) is 1. The molecule has 206 valence electrons. The lowest BCUT2D eigenvalue weighted by Crippen LogP contribution is -2.44. The van der Waals surface area contributed by atoms with Gasteiger partial charge in [-0.1, -0.05) is 32.0 Å². The molecule has 2 fully saturated rings. The van der Waals surface area contributed by atoms with Crippen molar-refractivity contribution in [1.82, 2.24) is 20.1 Å². The van der Waals surface area contributed by atoms with Gasteiger partial charge in [0.1, 0.15) is 17.3 Å². The molecule has 1 N–H and O–H groups in total. The third-order valence-corrected chi connectivity index (χ3v) is 7.04. The molecule has 1 aliphatic heterocycles. The Morgan fingerprint density at radius 3 is 2.28 bits per heavy atom. The fraction of sp³-hybridized carbons (Fsp3) is 0.387. The Kier molecular flexibility index (Phi) is 9.54. The van der Waals surface area contributed by atoms with Crippen LogP contribution in [0.15, 0.2) is 66.9 Å². The lowest BCUT2D eigenvalue weighted by molar-refractivity contribution is -0.119. The van der Waals surface area contributed by atoms with Gasteiger partial charge in [0.05, 0.1) is 12.6 Å². The van der Waals surface area contributed by atoms with Gasteiger partial charge in [-0.3, -0.25) is 9.89 Å². The molecule has 1 aliphatic carbocycles. The van der Waals surface area contributed by atoms with Crippen molar-refractivity contribution in [2.24, 2.45) is 5.92 Å². The molecule has 8 nitrogen and oxygen atoms in total. The van der Waals surface area contributed by atoms with Gasteiger partial charge in [-0.25, -0.2) is 4.98 Å². The molecule has 8 heteroatoms. The molecule has 2 aromatic heterocycles. The molecule has 0 atom stereocenters. The predicted molar refractivity (Wildman–Crippen MR) is 160 cm³/mol. The summed E-state index contributed by atoms with van der Waals surface area (Å²) in [5.74, 6) is 2.35. The molecule has 0 spiro atoms. The van der Waals surface area contributed by atoms with Crippen LogP contribution in [-0.4, -0.2) is 73.4 Å². The fourth-order valence-electron chi connectivity index (χ4n) is 4.47. The summed E-state index contributed by atoms with van der Waals surface area (Å²) in [6.07, 6.45) is 4.01. The van der Waals surface area contributed by atoms with Crippen LogP contribution in [0.5, 0.6) is 5.75 Å². The Labute approximate surface area is 231 Å². The molecule has 3 heterocycles. The number of fused-ring (bicyclic) bond motifs is 1. The molecule has 2 aliphatic rings. The second kappa shape index (κ2) is 13.2. The van der Waals surface area contributed by atoms with E-state index in [2.05, 4.69) is 50.2 Å². The zero-order valence-corrected chi connectivity index (χ0v) is 23.7. The molecular weight excluding hydrogens is 488 g/mol. The Hall–Kier alpha value is -3.91. The maximum Gasteiger partial charge on any atom is 0.229 e. The molecule has 0 unspecified atom stereocenters. The van der Waals surface area contributed by atoms with Crippen molar-refractivity contribution >= 4 is 28.3 Å². The number of aromatic nitrogens is 3. The smallest absolute Gasteiger partial charge is 0.229 e. The van der Waals surface area contributed by atoms with E-state index in [1.54, 1.807) is 12.0 Å². The lowest BCUT2D eigenvalue weighted by Gasteiger charge is -2.33. The fourth-order valence-corrected chi connectivity index (χ4v) is 4.47. The van der Waals surface area contributed by atoms with Crippen molar-refractivity contribution < 1.29 is 9.53 Å². The Morgan fingerprint density at radius 1 is 0.974 bits per heavy atom. The number of aromatic amines is 1. The first-order valence-corrected chi connectivity index (χ1v) is 13.8. The van der Waals surface area contributed by atoms with Crippen LogP contribution in [0.1, 0.15) is 26.7 Å². The van der Waals surface area contributed by atoms with Gasteiger partial charge in [0, 0.05) is 62.0 Å². The standard InChI is InChI=1S/C17H19N5.C12H15NO2.C2H6/c1-21-8-10-22(11-9-21)16-7-6-13(12-18-16)17-14-4-2-3-5-15(14)19-20-17;1-13(12(14)9-3-4-9)10-5-7-11(15-2)8-6-10;1-2/h2-7,12H,8-11H2,1H3,(H,19,20);5-9H,3-4H2,1-2H3;1-2H3. The van der Waals surface area contributed by atoms with Gasteiger partial charge in [0.15, 0.2) is 0 Å². The van der Waals surface area contributed by atoms with E-state index in [0.717, 1.165) is 78.4 Å². The first-order valence-electron chi connectivity index (χ1n) is 13.8. The minimum atomic E-state index is 0.222. The highest BCUT2D eigenvalue weighted by atomic mass is 16.5. The molecule has 4 aromatic rings. The molecular formula is C31H40N6O2. The summed E-state index contributed by atoms with van der Waals surface area (Å²) in [7, 11) is 5.62. The highest BCUT2D eigenvalue weighted by Crippen LogP contribution is 2.32. The van der Waals surface area contributed by atoms with E-state index in [-0.39, 0.29) is 11.8 Å². The molecule has 1 saturated heterocycles. The number of para-hydroxylation sites is 1. The van der Waals surface area contributed by atoms with Crippen molar-refractivity contribution in [2.75, 3.05) is 57.2 Å². The van der Waals surface area contributed by atoms with Crippen LogP contribution in [-0.2, 0) is 4.79 Å². The van der Waals surface area contributed by atoms with E-state index in [0.29, 0.717) is 0 Å². The summed E-state index contributed by atoms with van der Waals surface area (Å²) in [5, 5.41) is 8.64. The van der Waals surface area contributed by atoms with Crippen LogP contribution in [0.25, 0.3) is 22.2 Å². The number of amides is 1. The Morgan fingerprint density at radius 2 is 1.67 bits per heavy atom. The number of carbonyl (C=O) groups is 1. The molecule has 39 heavy (non-hydrogen) atoms. The summed E-state index contributed by atoms with van der Waals surface area (Å²) in [5.41, 5.74) is 4.00. The third-order valence-electron chi connectivity index (χ3n) is 7.04. The summed E-state index contributed by atoms with van der Waals surface area (Å²) in [6, 6.07) is 19.9. The summed E-state index contributed by atoms with van der Waals surface area (Å²) in [4.78, 5) is 22.8. The molecule has 1 saturated carbocycles. The van der Waals surface area contributed by atoms with E-state index in [4.69, 9.17) is 4.74 Å². The maximum atomic E-state index is 11.8. The highest BCUT2D eigenvalue weighted by molar-refractivity contribution is 5.96. The van der Waals surface area contributed by atoms with E-state index in [1.165, 1.54) is 0 Å². The van der Waals surface area contributed by atoms with Gasteiger partial charge in [-0.2, -0.15) is 5.10 Å². The molecule has 0 radical (unpaired) electrons.